The highest BCUT2D eigenvalue weighted by Crippen LogP contribution is 2.48. The Hall–Kier alpha value is -0.530. The van der Waals surface area contributed by atoms with Crippen LogP contribution in [0.15, 0.2) is 0 Å². The topological polar surface area (TPSA) is 26.3 Å². The molecule has 0 amide bonds. The molecule has 0 N–H and O–H groups in total. The van der Waals surface area contributed by atoms with Gasteiger partial charge in [-0.15, -0.1) is 0 Å². The summed E-state index contributed by atoms with van der Waals surface area (Å²) in [5, 5.41) is 0. The van der Waals surface area contributed by atoms with Crippen LogP contribution in [0, 0.1) is 23.2 Å². The van der Waals surface area contributed by atoms with Crippen molar-refractivity contribution in [1.82, 2.24) is 0 Å². The van der Waals surface area contributed by atoms with Crippen molar-refractivity contribution in [3.8, 4) is 0 Å². The molecule has 2 fully saturated rings. The molecule has 0 spiro atoms. The van der Waals surface area contributed by atoms with Crippen molar-refractivity contribution in [2.24, 2.45) is 23.2 Å². The van der Waals surface area contributed by atoms with E-state index in [1.165, 1.54) is 89.9 Å². The first-order valence-electron chi connectivity index (χ1n) is 12.2. The SMILES string of the molecule is CCCCCCCC1(C(=O)OC)CCC(C2CCC(CCCC)CC2)CC1. The molecule has 0 unspecified atom stereocenters. The fourth-order valence-electron chi connectivity index (χ4n) is 5.94. The van der Waals surface area contributed by atoms with E-state index in [4.69, 9.17) is 4.74 Å². The fourth-order valence-corrected chi connectivity index (χ4v) is 5.94. The zero-order valence-electron chi connectivity index (χ0n) is 18.6. The van der Waals surface area contributed by atoms with E-state index in [0.717, 1.165) is 37.0 Å². The molecule has 2 aliphatic rings. The van der Waals surface area contributed by atoms with E-state index in [1.807, 2.05) is 0 Å². The van der Waals surface area contributed by atoms with Gasteiger partial charge in [0.15, 0.2) is 0 Å². The summed E-state index contributed by atoms with van der Waals surface area (Å²) in [6, 6.07) is 0. The predicted octanol–water partition coefficient (Wildman–Crippen LogP) is 7.69. The van der Waals surface area contributed by atoms with Crippen LogP contribution in [-0.4, -0.2) is 13.1 Å². The average molecular weight is 379 g/mol. The van der Waals surface area contributed by atoms with E-state index in [1.54, 1.807) is 7.11 Å². The predicted molar refractivity (Wildman–Crippen MR) is 115 cm³/mol. The number of carbonyl (C=O) groups is 1. The zero-order chi connectivity index (χ0) is 19.5. The lowest BCUT2D eigenvalue weighted by molar-refractivity contribution is -0.156. The number of methoxy groups -OCH3 is 1. The van der Waals surface area contributed by atoms with Crippen molar-refractivity contribution in [2.75, 3.05) is 7.11 Å². The second-order valence-electron chi connectivity index (χ2n) is 9.70. The normalized spacial score (nSPS) is 31.6. The maximum Gasteiger partial charge on any atom is 0.311 e. The van der Waals surface area contributed by atoms with Crippen molar-refractivity contribution in [3.63, 3.8) is 0 Å². The first-order chi connectivity index (χ1) is 13.1. The fraction of sp³-hybridized carbons (Fsp3) is 0.960. The molecule has 27 heavy (non-hydrogen) atoms. The summed E-state index contributed by atoms with van der Waals surface area (Å²) >= 11 is 0. The van der Waals surface area contributed by atoms with Gasteiger partial charge in [0.1, 0.15) is 0 Å². The van der Waals surface area contributed by atoms with Crippen molar-refractivity contribution >= 4 is 5.97 Å². The lowest BCUT2D eigenvalue weighted by Crippen LogP contribution is -2.38. The van der Waals surface area contributed by atoms with Crippen molar-refractivity contribution < 1.29 is 9.53 Å². The van der Waals surface area contributed by atoms with Gasteiger partial charge in [0.25, 0.3) is 0 Å². The van der Waals surface area contributed by atoms with Crippen LogP contribution in [0.3, 0.4) is 0 Å². The van der Waals surface area contributed by atoms with Crippen LogP contribution >= 0.6 is 0 Å². The highest BCUT2D eigenvalue weighted by Gasteiger charge is 2.43. The number of unbranched alkanes of at least 4 members (excludes halogenated alkanes) is 5. The molecule has 0 aliphatic heterocycles. The minimum Gasteiger partial charge on any atom is -0.469 e. The van der Waals surface area contributed by atoms with Crippen molar-refractivity contribution in [3.05, 3.63) is 0 Å². The molecule has 0 aromatic carbocycles. The first kappa shape index (κ1) is 22.8. The second-order valence-corrected chi connectivity index (χ2v) is 9.70. The third-order valence-corrected chi connectivity index (χ3v) is 7.89. The monoisotopic (exact) mass is 378 g/mol. The van der Waals surface area contributed by atoms with Crippen molar-refractivity contribution in [2.45, 2.75) is 123 Å². The molecule has 0 bridgehead atoms. The zero-order valence-corrected chi connectivity index (χ0v) is 18.6. The molecule has 0 atom stereocenters. The average Bonchev–Trinajstić information content (AvgIpc) is 2.72. The van der Waals surface area contributed by atoms with Gasteiger partial charge in [-0.1, -0.05) is 78.1 Å². The molecular weight excluding hydrogens is 332 g/mol. The number of carbonyl (C=O) groups excluding carboxylic acids is 1. The Bertz CT molecular complexity index is 401. The van der Waals surface area contributed by atoms with Gasteiger partial charge in [0.2, 0.25) is 0 Å². The first-order valence-corrected chi connectivity index (χ1v) is 12.2. The Morgan fingerprint density at radius 1 is 0.815 bits per heavy atom. The maximum absolute atomic E-state index is 12.6. The molecule has 0 aromatic heterocycles. The van der Waals surface area contributed by atoms with E-state index in [9.17, 15) is 4.79 Å². The van der Waals surface area contributed by atoms with Crippen LogP contribution in [0.5, 0.6) is 0 Å². The van der Waals surface area contributed by atoms with E-state index in [2.05, 4.69) is 13.8 Å². The summed E-state index contributed by atoms with van der Waals surface area (Å²) < 4.78 is 5.26. The molecule has 0 heterocycles. The third-order valence-electron chi connectivity index (χ3n) is 7.89. The molecule has 2 rings (SSSR count). The van der Waals surface area contributed by atoms with Crippen molar-refractivity contribution in [1.29, 1.82) is 0 Å². The van der Waals surface area contributed by atoms with Gasteiger partial charge >= 0.3 is 5.97 Å². The van der Waals surface area contributed by atoms with Crippen LogP contribution in [0.4, 0.5) is 0 Å². The molecule has 0 saturated heterocycles. The molecule has 2 saturated carbocycles. The maximum atomic E-state index is 12.6. The summed E-state index contributed by atoms with van der Waals surface area (Å²) in [5.74, 6) is 2.89. The van der Waals surface area contributed by atoms with Crippen LogP contribution in [0.1, 0.15) is 123 Å². The number of hydrogen-bond acceptors (Lipinski definition) is 2. The second kappa shape index (κ2) is 12.1. The minimum atomic E-state index is -0.157. The summed E-state index contributed by atoms with van der Waals surface area (Å²) in [6.45, 7) is 4.57. The standard InChI is InChI=1S/C25H46O2/c1-4-6-8-9-10-18-25(24(26)27-3)19-16-23(17-20-25)22-14-12-21(13-15-22)11-7-5-2/h21-23H,4-20H2,1-3H3. The van der Waals surface area contributed by atoms with Crippen LogP contribution in [-0.2, 0) is 9.53 Å². The Balaban J connectivity index is 1.78. The quantitative estimate of drug-likeness (QED) is 0.272. The van der Waals surface area contributed by atoms with E-state index < -0.39 is 0 Å². The van der Waals surface area contributed by atoms with E-state index in [-0.39, 0.29) is 11.4 Å². The largest absolute Gasteiger partial charge is 0.469 e. The summed E-state index contributed by atoms with van der Waals surface area (Å²) in [5.41, 5.74) is -0.157. The van der Waals surface area contributed by atoms with Crippen LogP contribution < -0.4 is 0 Å². The van der Waals surface area contributed by atoms with Gasteiger partial charge in [-0.2, -0.15) is 0 Å². The minimum absolute atomic E-state index is 0.0831. The lowest BCUT2D eigenvalue weighted by atomic mass is 9.63. The molecular formula is C25H46O2. The number of ether oxygens (including phenoxy) is 1. The Kier molecular flexibility index (Phi) is 10.2. The summed E-state index contributed by atoms with van der Waals surface area (Å²) in [7, 11) is 1.59. The summed E-state index contributed by atoms with van der Waals surface area (Å²) in [6.07, 6.45) is 22.2. The lowest BCUT2D eigenvalue weighted by Gasteiger charge is -2.42. The Morgan fingerprint density at radius 3 is 2.00 bits per heavy atom. The summed E-state index contributed by atoms with van der Waals surface area (Å²) in [4.78, 5) is 12.6. The third kappa shape index (κ3) is 6.79. The van der Waals surface area contributed by atoms with Gasteiger partial charge in [0.05, 0.1) is 12.5 Å². The van der Waals surface area contributed by atoms with Gasteiger partial charge in [-0.05, 0) is 62.7 Å². The molecule has 0 aromatic rings. The highest BCUT2D eigenvalue weighted by atomic mass is 16.5. The van der Waals surface area contributed by atoms with Gasteiger partial charge in [-0.25, -0.2) is 0 Å². The van der Waals surface area contributed by atoms with E-state index >= 15 is 0 Å². The van der Waals surface area contributed by atoms with Gasteiger partial charge < -0.3 is 4.74 Å². The van der Waals surface area contributed by atoms with Gasteiger partial charge in [-0.3, -0.25) is 4.79 Å². The number of esters is 1. The number of hydrogen-bond donors (Lipinski definition) is 0. The molecule has 158 valence electrons. The molecule has 0 radical (unpaired) electrons. The highest BCUT2D eigenvalue weighted by molar-refractivity contribution is 5.76. The van der Waals surface area contributed by atoms with Crippen LogP contribution in [0.25, 0.3) is 0 Å². The van der Waals surface area contributed by atoms with Gasteiger partial charge in [0, 0.05) is 0 Å². The Morgan fingerprint density at radius 2 is 1.41 bits per heavy atom. The molecule has 2 heteroatoms. The number of rotatable bonds is 11. The molecule has 2 aliphatic carbocycles. The van der Waals surface area contributed by atoms with E-state index in [0.29, 0.717) is 0 Å². The smallest absolute Gasteiger partial charge is 0.311 e. The van der Waals surface area contributed by atoms with Crippen LogP contribution in [0.2, 0.25) is 0 Å². The Labute approximate surface area is 169 Å². The molecule has 2 nitrogen and oxygen atoms in total.